The third-order valence-electron chi connectivity index (χ3n) is 3.04. The van der Waals surface area contributed by atoms with Gasteiger partial charge in [0.15, 0.2) is 0 Å². The minimum Gasteiger partial charge on any atom is -0.478 e. The molecular weight excluding hydrogens is 252 g/mol. The van der Waals surface area contributed by atoms with Crippen LogP contribution in [0.5, 0.6) is 0 Å². The Kier molecular flexibility index (Phi) is 4.20. The minimum absolute atomic E-state index is 0.0812. The second kappa shape index (κ2) is 5.87. The van der Waals surface area contributed by atoms with Gasteiger partial charge in [-0.15, -0.1) is 0 Å². The normalized spacial score (nSPS) is 18.6. The zero-order chi connectivity index (χ0) is 13.0. The van der Waals surface area contributed by atoms with Crippen LogP contribution in [0.25, 0.3) is 0 Å². The van der Waals surface area contributed by atoms with Crippen molar-refractivity contribution in [3.8, 4) is 0 Å². The third-order valence-corrected chi connectivity index (χ3v) is 3.34. The van der Waals surface area contributed by atoms with Gasteiger partial charge in [-0.05, 0) is 31.2 Å². The van der Waals surface area contributed by atoms with Gasteiger partial charge in [-0.25, -0.2) is 9.78 Å². The van der Waals surface area contributed by atoms with Crippen LogP contribution in [0.4, 0.5) is 5.82 Å². The van der Waals surface area contributed by atoms with Gasteiger partial charge in [0, 0.05) is 12.7 Å². The molecule has 1 heterocycles. The molecule has 0 amide bonds. The van der Waals surface area contributed by atoms with Crippen molar-refractivity contribution in [1.29, 1.82) is 0 Å². The van der Waals surface area contributed by atoms with E-state index in [1.807, 2.05) is 0 Å². The van der Waals surface area contributed by atoms with E-state index in [0.717, 1.165) is 25.8 Å². The molecule has 1 aromatic rings. The Morgan fingerprint density at radius 2 is 2.39 bits per heavy atom. The summed E-state index contributed by atoms with van der Waals surface area (Å²) in [7, 11) is 0. The van der Waals surface area contributed by atoms with Crippen LogP contribution in [-0.2, 0) is 0 Å². The average molecular weight is 267 g/mol. The predicted molar refractivity (Wildman–Crippen MR) is 71.2 cm³/mol. The summed E-state index contributed by atoms with van der Waals surface area (Å²) < 4.78 is 0. The van der Waals surface area contributed by atoms with E-state index in [0.29, 0.717) is 11.7 Å². The molecule has 1 atom stereocenters. The Hall–Kier alpha value is -1.55. The third kappa shape index (κ3) is 3.23. The zero-order valence-electron chi connectivity index (χ0n) is 9.90. The van der Waals surface area contributed by atoms with Gasteiger partial charge in [-0.2, -0.15) is 0 Å². The molecule has 1 aliphatic carbocycles. The lowest BCUT2D eigenvalue weighted by molar-refractivity contribution is 0.0697. The predicted octanol–water partition coefficient (Wildman–Crippen LogP) is 3.20. The summed E-state index contributed by atoms with van der Waals surface area (Å²) in [5.74, 6) is 0.109. The van der Waals surface area contributed by atoms with Crippen molar-refractivity contribution < 1.29 is 9.90 Å². The lowest BCUT2D eigenvalue weighted by atomic mass is 9.94. The maximum atomic E-state index is 10.9. The molecule has 0 spiro atoms. The molecule has 1 aromatic heterocycles. The smallest absolute Gasteiger partial charge is 0.337 e. The molecule has 2 rings (SSSR count). The number of nitrogens with one attached hydrogen (secondary N) is 1. The van der Waals surface area contributed by atoms with Gasteiger partial charge in [-0.3, -0.25) is 0 Å². The molecule has 5 heteroatoms. The molecule has 18 heavy (non-hydrogen) atoms. The standard InChI is InChI=1S/C13H15ClN2O2/c14-11-8-16-12(6-10(11)13(17)18)15-7-9-4-2-1-3-5-9/h1-2,6,8-9H,3-5,7H2,(H,15,16)(H,17,18). The first kappa shape index (κ1) is 12.9. The summed E-state index contributed by atoms with van der Waals surface area (Å²) in [5.41, 5.74) is 0.0812. The van der Waals surface area contributed by atoms with Gasteiger partial charge >= 0.3 is 5.97 Å². The Morgan fingerprint density at radius 1 is 1.56 bits per heavy atom. The van der Waals surface area contributed by atoms with Crippen molar-refractivity contribution in [3.05, 3.63) is 35.0 Å². The number of aromatic carboxylic acids is 1. The van der Waals surface area contributed by atoms with Crippen LogP contribution >= 0.6 is 11.6 Å². The van der Waals surface area contributed by atoms with Gasteiger partial charge in [-0.1, -0.05) is 23.8 Å². The van der Waals surface area contributed by atoms with E-state index in [2.05, 4.69) is 22.5 Å². The second-order valence-corrected chi connectivity index (χ2v) is 4.79. The van der Waals surface area contributed by atoms with E-state index < -0.39 is 5.97 Å². The zero-order valence-corrected chi connectivity index (χ0v) is 10.7. The molecule has 2 N–H and O–H groups in total. The van der Waals surface area contributed by atoms with Gasteiger partial charge < -0.3 is 10.4 Å². The first-order valence-corrected chi connectivity index (χ1v) is 6.32. The number of nitrogens with zero attached hydrogens (tertiary/aromatic N) is 1. The van der Waals surface area contributed by atoms with Crippen LogP contribution in [0, 0.1) is 5.92 Å². The van der Waals surface area contributed by atoms with Crippen molar-refractivity contribution in [2.75, 3.05) is 11.9 Å². The minimum atomic E-state index is -1.04. The number of rotatable bonds is 4. The fourth-order valence-electron chi connectivity index (χ4n) is 1.99. The van der Waals surface area contributed by atoms with Crippen LogP contribution in [0.3, 0.4) is 0 Å². The molecule has 0 saturated heterocycles. The lowest BCUT2D eigenvalue weighted by Gasteiger charge is -2.18. The summed E-state index contributed by atoms with van der Waals surface area (Å²) in [6.07, 6.45) is 9.08. The number of hydrogen-bond donors (Lipinski definition) is 2. The number of halogens is 1. The number of hydrogen-bond acceptors (Lipinski definition) is 3. The van der Waals surface area contributed by atoms with Crippen molar-refractivity contribution in [1.82, 2.24) is 4.98 Å². The molecule has 1 aliphatic rings. The van der Waals surface area contributed by atoms with Crippen LogP contribution < -0.4 is 5.32 Å². The van der Waals surface area contributed by atoms with E-state index in [1.54, 1.807) is 0 Å². The molecule has 96 valence electrons. The van der Waals surface area contributed by atoms with Crippen molar-refractivity contribution in [2.24, 2.45) is 5.92 Å². The first-order chi connectivity index (χ1) is 8.66. The maximum absolute atomic E-state index is 10.9. The van der Waals surface area contributed by atoms with Gasteiger partial charge in [0.2, 0.25) is 0 Å². The van der Waals surface area contributed by atoms with Crippen LogP contribution in [0.2, 0.25) is 5.02 Å². The van der Waals surface area contributed by atoms with E-state index in [9.17, 15) is 4.79 Å². The quantitative estimate of drug-likeness (QED) is 0.822. The molecule has 0 saturated carbocycles. The number of aromatic nitrogens is 1. The summed E-state index contributed by atoms with van der Waals surface area (Å²) in [6, 6.07) is 1.48. The Balaban J connectivity index is 1.99. The van der Waals surface area contributed by atoms with E-state index in [1.165, 1.54) is 12.3 Å². The van der Waals surface area contributed by atoms with Crippen LogP contribution in [0.15, 0.2) is 24.4 Å². The molecule has 1 unspecified atom stereocenters. The molecule has 0 aliphatic heterocycles. The van der Waals surface area contributed by atoms with E-state index >= 15 is 0 Å². The highest BCUT2D eigenvalue weighted by atomic mass is 35.5. The number of carboxylic acid groups (broad SMARTS) is 1. The number of anilines is 1. The maximum Gasteiger partial charge on any atom is 0.337 e. The Labute approximate surface area is 111 Å². The van der Waals surface area contributed by atoms with Gasteiger partial charge in [0.25, 0.3) is 0 Å². The Bertz CT molecular complexity index is 474. The van der Waals surface area contributed by atoms with E-state index in [4.69, 9.17) is 16.7 Å². The fourth-order valence-corrected chi connectivity index (χ4v) is 2.17. The largest absolute Gasteiger partial charge is 0.478 e. The van der Waals surface area contributed by atoms with Gasteiger partial charge in [0.1, 0.15) is 5.82 Å². The average Bonchev–Trinajstić information content (AvgIpc) is 2.38. The van der Waals surface area contributed by atoms with Crippen molar-refractivity contribution >= 4 is 23.4 Å². The molecule has 0 radical (unpaired) electrons. The number of carbonyl (C=O) groups is 1. The number of allylic oxidation sites excluding steroid dienone is 2. The van der Waals surface area contributed by atoms with Crippen LogP contribution in [0.1, 0.15) is 29.6 Å². The van der Waals surface area contributed by atoms with E-state index in [-0.39, 0.29) is 10.6 Å². The lowest BCUT2D eigenvalue weighted by Crippen LogP contribution is -2.16. The van der Waals surface area contributed by atoms with Crippen LogP contribution in [-0.4, -0.2) is 22.6 Å². The molecule has 0 aromatic carbocycles. The topological polar surface area (TPSA) is 62.2 Å². The highest BCUT2D eigenvalue weighted by molar-refractivity contribution is 6.33. The molecule has 0 bridgehead atoms. The summed E-state index contributed by atoms with van der Waals surface area (Å²) >= 11 is 5.76. The van der Waals surface area contributed by atoms with Crippen molar-refractivity contribution in [2.45, 2.75) is 19.3 Å². The molecular formula is C13H15ClN2O2. The number of pyridine rings is 1. The summed E-state index contributed by atoms with van der Waals surface area (Å²) in [4.78, 5) is 15.0. The summed E-state index contributed by atoms with van der Waals surface area (Å²) in [5, 5.41) is 12.3. The SMILES string of the molecule is O=C(O)c1cc(NCC2CC=CCC2)ncc1Cl. The molecule has 4 nitrogen and oxygen atoms in total. The second-order valence-electron chi connectivity index (χ2n) is 4.39. The molecule has 0 fully saturated rings. The Morgan fingerprint density at radius 3 is 3.06 bits per heavy atom. The summed E-state index contributed by atoms with van der Waals surface area (Å²) in [6.45, 7) is 0.804. The first-order valence-electron chi connectivity index (χ1n) is 5.94. The fraction of sp³-hybridized carbons (Fsp3) is 0.385. The monoisotopic (exact) mass is 266 g/mol. The van der Waals surface area contributed by atoms with Gasteiger partial charge in [0.05, 0.1) is 10.6 Å². The van der Waals surface area contributed by atoms with Crippen molar-refractivity contribution in [3.63, 3.8) is 0 Å². The highest BCUT2D eigenvalue weighted by Gasteiger charge is 2.12. The highest BCUT2D eigenvalue weighted by Crippen LogP contribution is 2.21. The number of carboxylic acids is 1.